The number of hydrogen-bond donors (Lipinski definition) is 1. The molecule has 0 radical (unpaired) electrons. The summed E-state index contributed by atoms with van der Waals surface area (Å²) in [4.78, 5) is 17.3. The van der Waals surface area contributed by atoms with Crippen LogP contribution >= 0.6 is 0 Å². The lowest BCUT2D eigenvalue weighted by atomic mass is 9.76. The van der Waals surface area contributed by atoms with E-state index in [1.165, 1.54) is 56.8 Å². The van der Waals surface area contributed by atoms with Crippen molar-refractivity contribution in [1.29, 1.82) is 5.26 Å². The maximum Gasteiger partial charge on any atom is 0.273 e. The lowest BCUT2D eigenvalue weighted by Crippen LogP contribution is -2.28. The van der Waals surface area contributed by atoms with E-state index in [0.29, 0.717) is 24.6 Å². The molecular formula is C29H37N3O3. The van der Waals surface area contributed by atoms with Crippen molar-refractivity contribution in [2.45, 2.75) is 95.2 Å². The third-order valence-electron chi connectivity index (χ3n) is 8.26. The molecule has 1 N–H and O–H groups in total. The minimum atomic E-state index is -0.150. The topological polar surface area (TPSA) is 88.2 Å². The van der Waals surface area contributed by atoms with E-state index < -0.39 is 0 Å². The fraction of sp³-hybridized carbons (Fsp3) is 0.621. The van der Waals surface area contributed by atoms with E-state index in [9.17, 15) is 4.79 Å². The van der Waals surface area contributed by atoms with Crippen LogP contribution in [0.1, 0.15) is 97.6 Å². The van der Waals surface area contributed by atoms with E-state index >= 15 is 0 Å². The lowest BCUT2D eigenvalue weighted by molar-refractivity contribution is 0.0898. The number of rotatable bonds is 10. The molecule has 2 bridgehead atoms. The van der Waals surface area contributed by atoms with Crippen LogP contribution < -0.4 is 5.32 Å². The smallest absolute Gasteiger partial charge is 0.273 e. The van der Waals surface area contributed by atoms with E-state index in [-0.39, 0.29) is 30.0 Å². The number of carbonyl (C=O) groups is 1. The van der Waals surface area contributed by atoms with E-state index in [1.54, 1.807) is 0 Å². The van der Waals surface area contributed by atoms with Gasteiger partial charge in [-0.25, -0.2) is 4.98 Å². The maximum atomic E-state index is 12.7. The molecule has 1 aliphatic carbocycles. The predicted octanol–water partition coefficient (Wildman–Crippen LogP) is 5.72. The van der Waals surface area contributed by atoms with Crippen molar-refractivity contribution in [3.8, 4) is 6.07 Å². The van der Waals surface area contributed by atoms with E-state index in [4.69, 9.17) is 14.4 Å². The van der Waals surface area contributed by atoms with Gasteiger partial charge in [0.05, 0.1) is 30.6 Å². The molecule has 0 unspecified atom stereocenters. The van der Waals surface area contributed by atoms with Crippen LogP contribution in [-0.4, -0.2) is 29.6 Å². The van der Waals surface area contributed by atoms with Gasteiger partial charge in [0.15, 0.2) is 5.69 Å². The molecule has 3 fully saturated rings. The summed E-state index contributed by atoms with van der Waals surface area (Å²) >= 11 is 0. The Labute approximate surface area is 208 Å². The molecule has 2 aliphatic heterocycles. The molecule has 1 aromatic carbocycles. The van der Waals surface area contributed by atoms with Crippen LogP contribution in [0.15, 0.2) is 34.9 Å². The highest BCUT2D eigenvalue weighted by Crippen LogP contribution is 2.49. The Bertz CT molecular complexity index is 1040. The molecule has 3 heterocycles. The van der Waals surface area contributed by atoms with Crippen LogP contribution in [0.2, 0.25) is 0 Å². The molecule has 186 valence electrons. The Kier molecular flexibility index (Phi) is 7.83. The fourth-order valence-corrected chi connectivity index (χ4v) is 6.48. The van der Waals surface area contributed by atoms with Crippen LogP contribution in [-0.2, 0) is 17.6 Å². The number of nitrogens with one attached hydrogen (secondary N) is 1. The second-order valence-electron chi connectivity index (χ2n) is 10.7. The van der Waals surface area contributed by atoms with Gasteiger partial charge in [-0.05, 0) is 42.7 Å². The minimum Gasteiger partial charge on any atom is -0.448 e. The number of ether oxygens (including phenoxy) is 1. The van der Waals surface area contributed by atoms with Gasteiger partial charge in [-0.2, -0.15) is 5.26 Å². The highest BCUT2D eigenvalue weighted by atomic mass is 16.5. The Balaban J connectivity index is 1.15. The third-order valence-corrected chi connectivity index (χ3v) is 8.26. The van der Waals surface area contributed by atoms with Crippen molar-refractivity contribution < 1.29 is 13.9 Å². The molecule has 35 heavy (non-hydrogen) atoms. The summed E-state index contributed by atoms with van der Waals surface area (Å²) in [6, 6.07) is 10.5. The summed E-state index contributed by atoms with van der Waals surface area (Å²) in [6.45, 7) is 0.687. The number of unbranched alkanes of at least 4 members (excludes halogenated alkanes) is 1. The summed E-state index contributed by atoms with van der Waals surface area (Å²) in [5.41, 5.74) is 2.62. The number of fused-ring (bicyclic) bond motifs is 2. The Morgan fingerprint density at radius 2 is 1.91 bits per heavy atom. The highest BCUT2D eigenvalue weighted by molar-refractivity contribution is 5.91. The molecule has 6 nitrogen and oxygen atoms in total. The van der Waals surface area contributed by atoms with E-state index in [1.807, 2.05) is 12.1 Å². The molecule has 0 spiro atoms. The standard InChI is InChI=1S/C29H37N3O3/c30-15-14-21-10-6-11-22(17-21)18-23-25-12-13-26(35-25)27(23)29-32-24(19-34-29)28(33)31-16-5-4-9-20-7-2-1-3-8-20/h6,10-11,17,19-20,23,25-27H,1-5,7-9,12-14,16,18H2,(H,31,33)/t23-,25-,26+,27-/m0/s1. The largest absolute Gasteiger partial charge is 0.448 e. The van der Waals surface area contributed by atoms with Crippen molar-refractivity contribution in [2.24, 2.45) is 11.8 Å². The first-order valence-electron chi connectivity index (χ1n) is 13.5. The zero-order valence-electron chi connectivity index (χ0n) is 20.6. The maximum absolute atomic E-state index is 12.7. The fourth-order valence-electron chi connectivity index (χ4n) is 6.48. The zero-order chi connectivity index (χ0) is 24.0. The molecule has 1 aromatic heterocycles. The number of nitrogens with zero attached hydrogens (tertiary/aromatic N) is 2. The number of benzene rings is 1. The molecule has 2 aromatic rings. The first-order valence-corrected chi connectivity index (χ1v) is 13.5. The Morgan fingerprint density at radius 3 is 2.77 bits per heavy atom. The molecule has 1 saturated carbocycles. The Hall–Kier alpha value is -2.65. The van der Waals surface area contributed by atoms with Gasteiger partial charge < -0.3 is 14.5 Å². The van der Waals surface area contributed by atoms with Gasteiger partial charge >= 0.3 is 0 Å². The number of oxazole rings is 1. The number of amides is 1. The quantitative estimate of drug-likeness (QED) is 0.444. The van der Waals surface area contributed by atoms with Crippen LogP contribution in [0, 0.1) is 23.2 Å². The van der Waals surface area contributed by atoms with Crippen molar-refractivity contribution in [3.63, 3.8) is 0 Å². The molecule has 4 atom stereocenters. The number of carbonyl (C=O) groups excluding carboxylic acids is 1. The van der Waals surface area contributed by atoms with Crippen molar-refractivity contribution in [2.75, 3.05) is 6.54 Å². The van der Waals surface area contributed by atoms with Gasteiger partial charge in [0.1, 0.15) is 6.26 Å². The molecular weight excluding hydrogens is 438 g/mol. The normalized spacial score (nSPS) is 26.0. The predicted molar refractivity (Wildman–Crippen MR) is 133 cm³/mol. The molecule has 1 amide bonds. The van der Waals surface area contributed by atoms with Crippen molar-refractivity contribution >= 4 is 5.91 Å². The zero-order valence-corrected chi connectivity index (χ0v) is 20.6. The second-order valence-corrected chi connectivity index (χ2v) is 10.7. The SMILES string of the molecule is N#CCc1cccc(C[C@@H]2[C@H](c3nc(C(=O)NCCCCC4CCCCC4)co3)[C@H]3CC[C@@H]2O3)c1. The second kappa shape index (κ2) is 11.4. The first-order chi connectivity index (χ1) is 17.2. The summed E-state index contributed by atoms with van der Waals surface area (Å²) in [5.74, 6) is 1.69. The van der Waals surface area contributed by atoms with Crippen LogP contribution in [0.25, 0.3) is 0 Å². The minimum absolute atomic E-state index is 0.0606. The average Bonchev–Trinajstić information content (AvgIpc) is 3.62. The van der Waals surface area contributed by atoms with Crippen LogP contribution in [0.3, 0.4) is 0 Å². The van der Waals surface area contributed by atoms with E-state index in [0.717, 1.165) is 37.2 Å². The van der Waals surface area contributed by atoms with Gasteiger partial charge in [0, 0.05) is 12.5 Å². The van der Waals surface area contributed by atoms with Crippen molar-refractivity contribution in [3.05, 3.63) is 53.2 Å². The summed E-state index contributed by atoms with van der Waals surface area (Å²) < 4.78 is 12.1. The van der Waals surface area contributed by atoms with E-state index in [2.05, 4.69) is 28.5 Å². The van der Waals surface area contributed by atoms with Gasteiger partial charge in [0.25, 0.3) is 5.91 Å². The summed E-state index contributed by atoms with van der Waals surface area (Å²) in [6.07, 6.45) is 15.5. The number of nitriles is 1. The molecule has 3 aliphatic rings. The summed E-state index contributed by atoms with van der Waals surface area (Å²) in [7, 11) is 0. The van der Waals surface area contributed by atoms with Crippen molar-refractivity contribution in [1.82, 2.24) is 10.3 Å². The number of aromatic nitrogens is 1. The lowest BCUT2D eigenvalue weighted by Gasteiger charge is -2.25. The molecule has 2 saturated heterocycles. The Morgan fingerprint density at radius 1 is 1.09 bits per heavy atom. The van der Waals surface area contributed by atoms with Gasteiger partial charge in [0.2, 0.25) is 5.89 Å². The van der Waals surface area contributed by atoms with Gasteiger partial charge in [-0.1, -0.05) is 69.2 Å². The molecule has 6 heteroatoms. The average molecular weight is 476 g/mol. The van der Waals surface area contributed by atoms with Gasteiger partial charge in [-0.3, -0.25) is 4.79 Å². The third kappa shape index (κ3) is 5.78. The monoisotopic (exact) mass is 475 g/mol. The van der Waals surface area contributed by atoms with Crippen LogP contribution in [0.5, 0.6) is 0 Å². The molecule has 5 rings (SSSR count). The highest BCUT2D eigenvalue weighted by Gasteiger charge is 2.51. The van der Waals surface area contributed by atoms with Gasteiger partial charge in [-0.15, -0.1) is 0 Å². The first kappa shape index (κ1) is 24.1. The summed E-state index contributed by atoms with van der Waals surface area (Å²) in [5, 5.41) is 12.1. The number of hydrogen-bond acceptors (Lipinski definition) is 5. The van der Waals surface area contributed by atoms with Crippen LogP contribution in [0.4, 0.5) is 0 Å².